The van der Waals surface area contributed by atoms with Crippen molar-refractivity contribution in [3.8, 4) is 56.4 Å². The molecule has 0 saturated heterocycles. The van der Waals surface area contributed by atoms with Crippen molar-refractivity contribution in [2.75, 3.05) is 0 Å². The molecular formula is C33H21N5. The molecule has 6 aromatic rings. The molecule has 178 valence electrons. The largest absolute Gasteiger partial charge is 0.255 e. The van der Waals surface area contributed by atoms with Crippen LogP contribution >= 0.6 is 0 Å². The van der Waals surface area contributed by atoms with Gasteiger partial charge in [-0.05, 0) is 71.8 Å². The fraction of sp³-hybridized carbons (Fsp3) is 0. The molecule has 0 saturated carbocycles. The molecular weight excluding hydrogens is 466 g/mol. The lowest BCUT2D eigenvalue weighted by molar-refractivity contribution is 1.21. The van der Waals surface area contributed by atoms with Crippen molar-refractivity contribution >= 4 is 5.69 Å². The van der Waals surface area contributed by atoms with Crippen LogP contribution in [0.3, 0.4) is 0 Å². The van der Waals surface area contributed by atoms with Gasteiger partial charge >= 0.3 is 0 Å². The summed E-state index contributed by atoms with van der Waals surface area (Å²) in [4.78, 5) is 22.5. The maximum absolute atomic E-state index is 7.33. The van der Waals surface area contributed by atoms with Gasteiger partial charge in [0.25, 0.3) is 0 Å². The van der Waals surface area contributed by atoms with E-state index in [1.165, 1.54) is 0 Å². The summed E-state index contributed by atoms with van der Waals surface area (Å²) >= 11 is 0. The Hall–Kier alpha value is -5.47. The van der Waals surface area contributed by atoms with Crippen molar-refractivity contribution in [1.29, 1.82) is 0 Å². The molecule has 5 nitrogen and oxygen atoms in total. The van der Waals surface area contributed by atoms with Gasteiger partial charge in [0.15, 0.2) is 5.69 Å². The molecule has 0 bridgehead atoms. The SMILES string of the molecule is [C-]#[N+]c1cccc(-c2cccc(-c3cccc(-c4cc(-c5ccccn5)nc(-c5ccccn5)c4)n3)c2)c1. The van der Waals surface area contributed by atoms with Crippen LogP contribution in [0.4, 0.5) is 5.69 Å². The van der Waals surface area contributed by atoms with Gasteiger partial charge in [-0.1, -0.05) is 54.6 Å². The Morgan fingerprint density at radius 2 is 0.947 bits per heavy atom. The summed E-state index contributed by atoms with van der Waals surface area (Å²) in [6, 6.07) is 37.6. The topological polar surface area (TPSA) is 55.9 Å². The van der Waals surface area contributed by atoms with E-state index in [0.29, 0.717) is 5.69 Å². The molecule has 2 aromatic carbocycles. The van der Waals surface area contributed by atoms with Crippen molar-refractivity contribution in [3.63, 3.8) is 0 Å². The van der Waals surface area contributed by atoms with E-state index in [0.717, 1.165) is 56.4 Å². The van der Waals surface area contributed by atoms with Crippen LogP contribution < -0.4 is 0 Å². The van der Waals surface area contributed by atoms with Gasteiger partial charge in [-0.2, -0.15) is 0 Å². The minimum Gasteiger partial charge on any atom is -0.255 e. The highest BCUT2D eigenvalue weighted by molar-refractivity contribution is 5.77. The number of hydrogen-bond acceptors (Lipinski definition) is 4. The van der Waals surface area contributed by atoms with Gasteiger partial charge in [-0.3, -0.25) is 9.97 Å². The number of nitrogens with zero attached hydrogens (tertiary/aromatic N) is 5. The average Bonchev–Trinajstić information content (AvgIpc) is 3.02. The van der Waals surface area contributed by atoms with Gasteiger partial charge in [-0.25, -0.2) is 14.8 Å². The van der Waals surface area contributed by atoms with Crippen molar-refractivity contribution in [2.45, 2.75) is 0 Å². The Kier molecular flexibility index (Phi) is 6.20. The monoisotopic (exact) mass is 487 g/mol. The predicted molar refractivity (Wildman–Crippen MR) is 151 cm³/mol. The third-order valence-corrected chi connectivity index (χ3v) is 6.19. The van der Waals surface area contributed by atoms with Crippen LogP contribution in [0.1, 0.15) is 0 Å². The summed E-state index contributed by atoms with van der Waals surface area (Å²) in [7, 11) is 0. The second kappa shape index (κ2) is 10.3. The van der Waals surface area contributed by atoms with Crippen LogP contribution in [0.25, 0.3) is 61.3 Å². The van der Waals surface area contributed by atoms with Crippen LogP contribution in [0.15, 0.2) is 128 Å². The molecule has 0 aliphatic heterocycles. The van der Waals surface area contributed by atoms with Crippen LogP contribution in [0.5, 0.6) is 0 Å². The van der Waals surface area contributed by atoms with Crippen molar-refractivity contribution in [1.82, 2.24) is 19.9 Å². The van der Waals surface area contributed by atoms with E-state index in [1.54, 1.807) is 12.4 Å². The number of hydrogen-bond donors (Lipinski definition) is 0. The Balaban J connectivity index is 1.44. The van der Waals surface area contributed by atoms with Crippen LogP contribution in [-0.4, -0.2) is 19.9 Å². The maximum Gasteiger partial charge on any atom is 0.187 e. The van der Waals surface area contributed by atoms with E-state index in [4.69, 9.17) is 16.5 Å². The normalized spacial score (nSPS) is 10.6. The molecule has 5 heteroatoms. The molecule has 4 heterocycles. The lowest BCUT2D eigenvalue weighted by Gasteiger charge is -2.11. The highest BCUT2D eigenvalue weighted by atomic mass is 14.8. The second-order valence-corrected chi connectivity index (χ2v) is 8.71. The minimum absolute atomic E-state index is 0.623. The van der Waals surface area contributed by atoms with Crippen LogP contribution in [-0.2, 0) is 0 Å². The smallest absolute Gasteiger partial charge is 0.187 e. The number of aromatic nitrogens is 4. The Labute approximate surface area is 221 Å². The molecule has 0 fully saturated rings. The summed E-state index contributed by atoms with van der Waals surface area (Å²) in [6.07, 6.45) is 3.54. The zero-order chi connectivity index (χ0) is 25.7. The number of benzene rings is 2. The molecule has 4 aromatic heterocycles. The van der Waals surface area contributed by atoms with Gasteiger partial charge in [0.2, 0.25) is 0 Å². The van der Waals surface area contributed by atoms with E-state index < -0.39 is 0 Å². The molecule has 0 radical (unpaired) electrons. The van der Waals surface area contributed by atoms with E-state index in [-0.39, 0.29) is 0 Å². The maximum atomic E-state index is 7.33. The fourth-order valence-corrected chi connectivity index (χ4v) is 4.34. The molecule has 38 heavy (non-hydrogen) atoms. The van der Waals surface area contributed by atoms with Crippen LogP contribution in [0.2, 0.25) is 0 Å². The summed E-state index contributed by atoms with van der Waals surface area (Å²) in [5.41, 5.74) is 9.40. The first-order chi connectivity index (χ1) is 18.8. The molecule has 0 spiro atoms. The second-order valence-electron chi connectivity index (χ2n) is 8.71. The van der Waals surface area contributed by atoms with Gasteiger partial charge in [0.1, 0.15) is 0 Å². The number of rotatable bonds is 5. The van der Waals surface area contributed by atoms with Gasteiger partial charge in [0, 0.05) is 23.5 Å². The van der Waals surface area contributed by atoms with Gasteiger partial charge in [-0.15, -0.1) is 0 Å². The van der Waals surface area contributed by atoms with Gasteiger partial charge < -0.3 is 0 Å². The molecule has 0 amide bonds. The highest BCUT2D eigenvalue weighted by Gasteiger charge is 2.12. The lowest BCUT2D eigenvalue weighted by atomic mass is 10.0. The quantitative estimate of drug-likeness (QED) is 0.230. The van der Waals surface area contributed by atoms with Crippen molar-refractivity contribution < 1.29 is 0 Å². The first-order valence-electron chi connectivity index (χ1n) is 12.2. The third-order valence-electron chi connectivity index (χ3n) is 6.19. The van der Waals surface area contributed by atoms with E-state index in [9.17, 15) is 0 Å². The third kappa shape index (κ3) is 4.79. The predicted octanol–water partition coefficient (Wildman–Crippen LogP) is 8.15. The van der Waals surface area contributed by atoms with E-state index in [1.807, 2.05) is 97.1 Å². The molecule has 0 unspecified atom stereocenters. The summed E-state index contributed by atoms with van der Waals surface area (Å²) in [5, 5.41) is 0. The zero-order valence-corrected chi connectivity index (χ0v) is 20.4. The molecule has 0 aliphatic carbocycles. The molecule has 6 rings (SSSR count). The summed E-state index contributed by atoms with van der Waals surface area (Å²) in [6.45, 7) is 7.33. The molecule has 0 atom stereocenters. The standard InChI is InChI=1S/C33H21N5/c1-34-27-12-7-10-24(20-27)23-9-6-11-25(19-23)28-15-8-16-29(37-28)26-21-32(30-13-2-4-17-35-30)38-33(22-26)31-14-3-5-18-36-31/h2-22H. The fourth-order valence-electron chi connectivity index (χ4n) is 4.34. The molecule has 0 aliphatic rings. The van der Waals surface area contributed by atoms with Gasteiger partial charge in [0.05, 0.1) is 40.7 Å². The van der Waals surface area contributed by atoms with E-state index >= 15 is 0 Å². The van der Waals surface area contributed by atoms with Crippen LogP contribution in [0, 0.1) is 6.57 Å². The Morgan fingerprint density at radius 1 is 0.421 bits per heavy atom. The minimum atomic E-state index is 0.623. The molecule has 0 N–H and O–H groups in total. The average molecular weight is 488 g/mol. The first kappa shape index (κ1) is 23.0. The Bertz CT molecular complexity index is 1720. The lowest BCUT2D eigenvalue weighted by Crippen LogP contribution is -1.95. The van der Waals surface area contributed by atoms with Crippen molar-refractivity contribution in [2.24, 2.45) is 0 Å². The van der Waals surface area contributed by atoms with E-state index in [2.05, 4.69) is 33.0 Å². The first-order valence-corrected chi connectivity index (χ1v) is 12.2. The number of pyridine rings is 4. The van der Waals surface area contributed by atoms with Crippen molar-refractivity contribution in [3.05, 3.63) is 139 Å². The Morgan fingerprint density at radius 3 is 1.58 bits per heavy atom. The summed E-state index contributed by atoms with van der Waals surface area (Å²) < 4.78 is 0. The highest BCUT2D eigenvalue weighted by Crippen LogP contribution is 2.31. The zero-order valence-electron chi connectivity index (χ0n) is 20.4. The summed E-state index contributed by atoms with van der Waals surface area (Å²) in [5.74, 6) is 0.